The third kappa shape index (κ3) is 14.8. The summed E-state index contributed by atoms with van der Waals surface area (Å²) in [6.07, 6.45) is -3.63. The summed E-state index contributed by atoms with van der Waals surface area (Å²) < 4.78 is 62.1. The Hall–Kier alpha value is -2.44. The van der Waals surface area contributed by atoms with Crippen LogP contribution >= 0.6 is 35.2 Å². The van der Waals surface area contributed by atoms with Gasteiger partial charge >= 0.3 is 23.5 Å². The molecule has 55 heavy (non-hydrogen) atoms. The first kappa shape index (κ1) is 46.9. The van der Waals surface area contributed by atoms with Crippen LogP contribution in [0.1, 0.15) is 59.1 Å². The summed E-state index contributed by atoms with van der Waals surface area (Å²) in [5, 5.41) is 26.4. The van der Waals surface area contributed by atoms with E-state index in [0.29, 0.717) is 12.2 Å². The largest absolute Gasteiger partial charge is 0.481 e. The number of phosphoric acid groups is 3. The van der Waals surface area contributed by atoms with Gasteiger partial charge in [-0.25, -0.2) is 28.6 Å². The Morgan fingerprint density at radius 2 is 1.73 bits per heavy atom. The van der Waals surface area contributed by atoms with E-state index in [1.54, 1.807) is 0 Å². The molecule has 10 N–H and O–H groups in total. The van der Waals surface area contributed by atoms with E-state index in [4.69, 9.17) is 19.5 Å². The first-order valence-corrected chi connectivity index (χ1v) is 22.1. The molecule has 4 unspecified atom stereocenters. The molecule has 0 bridgehead atoms. The summed E-state index contributed by atoms with van der Waals surface area (Å²) in [5.74, 6) is -1.04. The summed E-state index contributed by atoms with van der Waals surface area (Å²) in [6, 6.07) is 0. The highest BCUT2D eigenvalue weighted by Gasteiger charge is 2.50. The normalized spacial score (nSPS) is 21.8. The van der Waals surface area contributed by atoms with Crippen molar-refractivity contribution in [3.8, 4) is 0 Å². The number of aromatic nitrogens is 4. The van der Waals surface area contributed by atoms with Crippen molar-refractivity contribution in [3.05, 3.63) is 12.7 Å². The smallest absolute Gasteiger partial charge is 0.386 e. The van der Waals surface area contributed by atoms with Crippen molar-refractivity contribution in [2.45, 2.75) is 83.5 Å². The number of aliphatic hydroxyl groups is 2. The van der Waals surface area contributed by atoms with Gasteiger partial charge in [0.05, 0.1) is 19.5 Å². The van der Waals surface area contributed by atoms with E-state index in [0.717, 1.165) is 48.2 Å². The molecule has 1 aliphatic rings. The second kappa shape index (κ2) is 20.3. The van der Waals surface area contributed by atoms with Crippen LogP contribution in [0.5, 0.6) is 0 Å². The highest BCUT2D eigenvalue weighted by atomic mass is 32.2. The van der Waals surface area contributed by atoms with E-state index in [1.807, 2.05) is 6.92 Å². The third-order valence-corrected chi connectivity index (χ3v) is 11.8. The van der Waals surface area contributed by atoms with Crippen LogP contribution in [0.2, 0.25) is 0 Å². The van der Waals surface area contributed by atoms with Gasteiger partial charge < -0.3 is 50.9 Å². The van der Waals surface area contributed by atoms with Crippen LogP contribution < -0.4 is 16.4 Å². The number of rotatable bonds is 23. The minimum Gasteiger partial charge on any atom is -0.386 e. The van der Waals surface area contributed by atoms with Gasteiger partial charge in [-0.15, -0.1) is 0 Å². The molecular weight excluding hydrogens is 819 g/mol. The Morgan fingerprint density at radius 3 is 2.40 bits per heavy atom. The number of phosphoric ester groups is 3. The zero-order valence-corrected chi connectivity index (χ0v) is 33.4. The highest BCUT2D eigenvalue weighted by Crippen LogP contribution is 2.61. The number of amides is 2. The van der Waals surface area contributed by atoms with Gasteiger partial charge in [0, 0.05) is 37.1 Å². The first-order valence-electron chi connectivity index (χ1n) is 16.6. The minimum atomic E-state index is -5.56. The number of nitrogens with two attached hydrogens (primary N) is 1. The first-order chi connectivity index (χ1) is 25.6. The van der Waals surface area contributed by atoms with E-state index in [2.05, 4.69) is 34.4 Å². The number of nitrogens with one attached hydrogen (secondary N) is 2. The van der Waals surface area contributed by atoms with Gasteiger partial charge in [0.15, 0.2) is 22.8 Å². The summed E-state index contributed by atoms with van der Waals surface area (Å²) in [7, 11) is -16.4. The van der Waals surface area contributed by atoms with Crippen LogP contribution in [0, 0.1) is 5.41 Å². The predicted octanol–water partition coefficient (Wildman–Crippen LogP) is 0.245. The number of thioether (sulfide) groups is 1. The Labute approximate surface area is 318 Å². The quantitative estimate of drug-likeness (QED) is 0.0534. The molecule has 28 heteroatoms. The van der Waals surface area contributed by atoms with Gasteiger partial charge in [-0.05, 0) is 6.42 Å². The van der Waals surface area contributed by atoms with Crippen LogP contribution in [0.25, 0.3) is 11.2 Å². The number of aliphatic hydroxyl groups excluding tert-OH is 2. The van der Waals surface area contributed by atoms with Crippen LogP contribution in [-0.4, -0.2) is 123 Å². The number of fused-ring (bicyclic) bond motifs is 1. The van der Waals surface area contributed by atoms with Gasteiger partial charge in [-0.3, -0.25) is 32.5 Å². The van der Waals surface area contributed by atoms with Crippen molar-refractivity contribution in [1.29, 1.82) is 0 Å². The molecule has 1 aliphatic heterocycles. The van der Waals surface area contributed by atoms with E-state index in [1.165, 1.54) is 13.8 Å². The Kier molecular flexibility index (Phi) is 17.3. The number of nitrogen functional groups attached to an aromatic ring is 1. The minimum absolute atomic E-state index is 0.0321. The van der Waals surface area contributed by atoms with Crippen LogP contribution in [-0.2, 0) is 50.7 Å². The van der Waals surface area contributed by atoms with Gasteiger partial charge in [-0.2, -0.15) is 4.31 Å². The molecule has 1 fully saturated rings. The number of hydrogen-bond acceptors (Lipinski definition) is 18. The molecule has 2 aromatic rings. The van der Waals surface area contributed by atoms with Crippen molar-refractivity contribution in [1.82, 2.24) is 30.2 Å². The molecule has 0 saturated carbocycles. The van der Waals surface area contributed by atoms with E-state index >= 15 is 0 Å². The lowest BCUT2D eigenvalue weighted by atomic mass is 9.87. The van der Waals surface area contributed by atoms with Crippen molar-refractivity contribution < 1.29 is 80.5 Å². The maximum atomic E-state index is 12.7. The molecule has 0 spiro atoms. The molecule has 1 saturated heterocycles. The summed E-state index contributed by atoms with van der Waals surface area (Å²) in [4.78, 5) is 87.3. The number of ether oxygens (including phenoxy) is 1. The van der Waals surface area contributed by atoms with Gasteiger partial charge in [0.25, 0.3) is 0 Å². The number of imidazole rings is 1. The maximum Gasteiger partial charge on any atom is 0.481 e. The van der Waals surface area contributed by atoms with Crippen molar-refractivity contribution in [2.75, 3.05) is 37.8 Å². The molecule has 0 radical (unpaired) electrons. The average Bonchev–Trinajstić information content (AvgIpc) is 3.64. The number of carbonyl (C=O) groups is 3. The summed E-state index contributed by atoms with van der Waals surface area (Å²) >= 11 is 1.12. The molecule has 3 rings (SSSR count). The lowest BCUT2D eigenvalue weighted by Gasteiger charge is -2.30. The second-order valence-electron chi connectivity index (χ2n) is 12.7. The molecular formula is C27H46N7O17P3S. The van der Waals surface area contributed by atoms with Crippen LogP contribution in [0.15, 0.2) is 12.7 Å². The molecule has 2 amide bonds. The highest BCUT2D eigenvalue weighted by molar-refractivity contribution is 8.13. The molecule has 2 aromatic heterocycles. The average molecular weight is 866 g/mol. The zero-order valence-electron chi connectivity index (χ0n) is 29.9. The van der Waals surface area contributed by atoms with Crippen LogP contribution in [0.4, 0.5) is 5.82 Å². The molecule has 3 heterocycles. The zero-order chi connectivity index (χ0) is 41.2. The monoisotopic (exact) mass is 865 g/mol. The Bertz CT molecular complexity index is 1780. The summed E-state index contributed by atoms with van der Waals surface area (Å²) in [5.41, 5.74) is 4.27. The topological polar surface area (TPSA) is 364 Å². The van der Waals surface area contributed by atoms with Crippen LogP contribution in [0.3, 0.4) is 0 Å². The molecule has 0 aliphatic carbocycles. The number of anilines is 1. The van der Waals surface area contributed by atoms with Gasteiger partial charge in [0.1, 0.15) is 36.3 Å². The van der Waals surface area contributed by atoms with Gasteiger partial charge in [0.2, 0.25) is 11.8 Å². The Morgan fingerprint density at radius 1 is 1.04 bits per heavy atom. The number of carbonyl (C=O) groups excluding carboxylic acids is 3. The molecule has 312 valence electrons. The second-order valence-corrected chi connectivity index (χ2v) is 18.1. The van der Waals surface area contributed by atoms with E-state index < -0.39 is 84.6 Å². The lowest BCUT2D eigenvalue weighted by molar-refractivity contribution is -0.137. The van der Waals surface area contributed by atoms with E-state index in [-0.39, 0.29) is 41.6 Å². The number of nitrogens with zero attached hydrogens (tertiary/aromatic N) is 4. The molecule has 24 nitrogen and oxygen atoms in total. The predicted molar refractivity (Wildman–Crippen MR) is 191 cm³/mol. The Balaban J connectivity index is 1.49. The maximum absolute atomic E-state index is 12.7. The fourth-order valence-corrected chi connectivity index (χ4v) is 8.44. The fraction of sp³-hybridized carbons (Fsp3) is 0.704. The molecule has 0 aromatic carbocycles. The van der Waals surface area contributed by atoms with Crippen molar-refractivity contribution in [2.24, 2.45) is 5.41 Å². The number of unbranched alkanes of at least 4 members (excludes halogenated alkanes) is 2. The van der Waals surface area contributed by atoms with E-state index in [9.17, 15) is 57.9 Å². The third-order valence-electron chi connectivity index (χ3n) is 7.75. The van der Waals surface area contributed by atoms with Crippen molar-refractivity contribution in [3.63, 3.8) is 0 Å². The van der Waals surface area contributed by atoms with Gasteiger partial charge in [-0.1, -0.05) is 45.4 Å². The lowest BCUT2D eigenvalue weighted by Crippen LogP contribution is -2.46. The standard InChI is InChI=1S/C27H46N7O17P3S/c1-4-5-6-7-18(36)55-11-10-29-17(35)8-9-30-25(39)22(38)27(2,3)13-48-54(45,46)51-53(43,44)47-12-16-21(50-52(40,41)42)20(37)26(49-16)34-15-33-19-23(28)31-14-32-24(19)34/h14-16,20-22,26,37-38H,4-13H2,1-3H3,(H,29,35)(H,30,39)(H,43,44)(H,45,46)(H2,28,31,32)(H2,40,41,42)/t16-,20?,21-,22?,26-/m1/s1. The SMILES string of the molecule is CCCCCC(=O)SCCNC(=O)CCNC(=O)C(O)C(C)(C)COP(=O)(O)OP(=O)(O)OC[C@H]1O[C@@H](n2cnc3c(N)ncnc32)C(O)[C@@H]1OP(=O)(O)O. The fourth-order valence-electron chi connectivity index (χ4n) is 4.89. The van der Waals surface area contributed by atoms with Crippen molar-refractivity contribution >= 4 is 69.1 Å². The molecule has 7 atom stereocenters. The summed E-state index contributed by atoms with van der Waals surface area (Å²) in [6.45, 7) is 2.59. The number of hydrogen-bond donors (Lipinski definition) is 9.